The van der Waals surface area contributed by atoms with E-state index in [0.717, 1.165) is 12.8 Å². The van der Waals surface area contributed by atoms with E-state index in [4.69, 9.17) is 5.11 Å². The van der Waals surface area contributed by atoms with Gasteiger partial charge in [0.2, 0.25) is 5.91 Å². The standard InChI is InChI=1S/C12H17NO3S/c14-11(13-8-2-7-12(15)16)6-1-4-10-5-3-9-17-10/h3,5,9H,1-2,4,6-8H2,(H,13,14)(H,15,16). The summed E-state index contributed by atoms with van der Waals surface area (Å²) < 4.78 is 0. The summed E-state index contributed by atoms with van der Waals surface area (Å²) in [7, 11) is 0. The van der Waals surface area contributed by atoms with Gasteiger partial charge in [-0.3, -0.25) is 9.59 Å². The number of carbonyl (C=O) groups excluding carboxylic acids is 1. The lowest BCUT2D eigenvalue weighted by Gasteiger charge is -2.03. The number of hydrogen-bond acceptors (Lipinski definition) is 3. The van der Waals surface area contributed by atoms with Crippen molar-refractivity contribution in [2.24, 2.45) is 0 Å². The van der Waals surface area contributed by atoms with Crippen LogP contribution >= 0.6 is 11.3 Å². The Morgan fingerprint density at radius 1 is 1.29 bits per heavy atom. The zero-order valence-corrected chi connectivity index (χ0v) is 10.5. The van der Waals surface area contributed by atoms with E-state index in [2.05, 4.69) is 11.4 Å². The molecule has 0 atom stereocenters. The minimum absolute atomic E-state index is 0.00643. The van der Waals surface area contributed by atoms with Crippen LogP contribution in [-0.4, -0.2) is 23.5 Å². The summed E-state index contributed by atoms with van der Waals surface area (Å²) >= 11 is 1.70. The van der Waals surface area contributed by atoms with Crippen molar-refractivity contribution < 1.29 is 14.7 Å². The van der Waals surface area contributed by atoms with Gasteiger partial charge in [0.15, 0.2) is 0 Å². The van der Waals surface area contributed by atoms with Gasteiger partial charge in [0.05, 0.1) is 0 Å². The second-order valence-corrected chi connectivity index (χ2v) is 4.81. The molecule has 0 aliphatic rings. The van der Waals surface area contributed by atoms with E-state index >= 15 is 0 Å². The van der Waals surface area contributed by atoms with Crippen LogP contribution in [0.3, 0.4) is 0 Å². The lowest BCUT2D eigenvalue weighted by Crippen LogP contribution is -2.24. The first-order valence-electron chi connectivity index (χ1n) is 5.69. The van der Waals surface area contributed by atoms with Crippen LogP contribution in [0, 0.1) is 0 Å². The molecule has 1 aromatic heterocycles. The van der Waals surface area contributed by atoms with Crippen molar-refractivity contribution in [3.8, 4) is 0 Å². The van der Waals surface area contributed by atoms with Gasteiger partial charge in [-0.2, -0.15) is 0 Å². The number of carboxylic acid groups (broad SMARTS) is 1. The van der Waals surface area contributed by atoms with Crippen LogP contribution in [0.2, 0.25) is 0 Å². The zero-order valence-electron chi connectivity index (χ0n) is 9.65. The first-order chi connectivity index (χ1) is 8.18. The number of aryl methyl sites for hydroxylation is 1. The number of aliphatic carboxylic acids is 1. The highest BCUT2D eigenvalue weighted by Crippen LogP contribution is 2.11. The molecule has 0 aliphatic carbocycles. The average Bonchev–Trinajstić information content (AvgIpc) is 2.77. The molecule has 0 unspecified atom stereocenters. The molecule has 0 radical (unpaired) electrons. The first-order valence-corrected chi connectivity index (χ1v) is 6.57. The Labute approximate surface area is 105 Å². The van der Waals surface area contributed by atoms with E-state index < -0.39 is 5.97 Å². The lowest BCUT2D eigenvalue weighted by molar-refractivity contribution is -0.137. The Morgan fingerprint density at radius 2 is 2.12 bits per heavy atom. The summed E-state index contributed by atoms with van der Waals surface area (Å²) in [6.45, 7) is 0.449. The molecular weight excluding hydrogens is 238 g/mol. The molecule has 17 heavy (non-hydrogen) atoms. The normalized spacial score (nSPS) is 10.1. The molecular formula is C12H17NO3S. The van der Waals surface area contributed by atoms with Gasteiger partial charge in [0, 0.05) is 24.3 Å². The van der Waals surface area contributed by atoms with Crippen molar-refractivity contribution in [3.63, 3.8) is 0 Å². The fourth-order valence-corrected chi connectivity index (χ4v) is 2.19. The highest BCUT2D eigenvalue weighted by atomic mass is 32.1. The number of carboxylic acids is 1. The van der Waals surface area contributed by atoms with Crippen LogP contribution < -0.4 is 5.32 Å². The maximum atomic E-state index is 11.4. The summed E-state index contributed by atoms with van der Waals surface area (Å²) in [6, 6.07) is 4.07. The number of rotatable bonds is 8. The largest absolute Gasteiger partial charge is 0.481 e. The third-order valence-corrected chi connectivity index (χ3v) is 3.23. The Hall–Kier alpha value is -1.36. The van der Waals surface area contributed by atoms with Crippen molar-refractivity contribution in [2.75, 3.05) is 6.54 Å². The van der Waals surface area contributed by atoms with Crippen LogP contribution in [-0.2, 0) is 16.0 Å². The predicted octanol–water partition coefficient (Wildman–Crippen LogP) is 2.05. The van der Waals surface area contributed by atoms with Crippen molar-refractivity contribution in [3.05, 3.63) is 22.4 Å². The third-order valence-electron chi connectivity index (χ3n) is 2.30. The van der Waals surface area contributed by atoms with Crippen LogP contribution in [0.15, 0.2) is 17.5 Å². The summed E-state index contributed by atoms with van der Waals surface area (Å²) in [4.78, 5) is 22.9. The maximum absolute atomic E-state index is 11.4. The van der Waals surface area contributed by atoms with Crippen molar-refractivity contribution >= 4 is 23.2 Å². The summed E-state index contributed by atoms with van der Waals surface area (Å²) in [5, 5.41) is 13.2. The first kappa shape index (κ1) is 13.7. The minimum atomic E-state index is -0.822. The SMILES string of the molecule is O=C(O)CCCNC(=O)CCCc1cccs1. The monoisotopic (exact) mass is 255 g/mol. The van der Waals surface area contributed by atoms with Crippen LogP contribution in [0.25, 0.3) is 0 Å². The lowest BCUT2D eigenvalue weighted by atomic mass is 10.2. The number of thiophene rings is 1. The second kappa shape index (κ2) is 7.84. The number of carbonyl (C=O) groups is 2. The van der Waals surface area contributed by atoms with Gasteiger partial charge in [-0.05, 0) is 30.7 Å². The molecule has 0 bridgehead atoms. The molecule has 0 saturated carbocycles. The highest BCUT2D eigenvalue weighted by Gasteiger charge is 2.02. The maximum Gasteiger partial charge on any atom is 0.303 e. The number of amides is 1. The van der Waals surface area contributed by atoms with Crippen molar-refractivity contribution in [1.29, 1.82) is 0 Å². The fraction of sp³-hybridized carbons (Fsp3) is 0.500. The van der Waals surface area contributed by atoms with Crippen LogP contribution in [0.4, 0.5) is 0 Å². The summed E-state index contributed by atoms with van der Waals surface area (Å²) in [6.07, 6.45) is 2.87. The Kier molecular flexibility index (Phi) is 6.32. The topological polar surface area (TPSA) is 66.4 Å². The van der Waals surface area contributed by atoms with E-state index in [-0.39, 0.29) is 12.3 Å². The highest BCUT2D eigenvalue weighted by molar-refractivity contribution is 7.09. The van der Waals surface area contributed by atoms with Gasteiger partial charge in [0.25, 0.3) is 0 Å². The fourth-order valence-electron chi connectivity index (χ4n) is 1.43. The van der Waals surface area contributed by atoms with Gasteiger partial charge in [-0.25, -0.2) is 0 Å². The molecule has 0 fully saturated rings. The molecule has 0 spiro atoms. The molecule has 5 heteroatoms. The van der Waals surface area contributed by atoms with Crippen LogP contribution in [0.5, 0.6) is 0 Å². The average molecular weight is 255 g/mol. The smallest absolute Gasteiger partial charge is 0.303 e. The van der Waals surface area contributed by atoms with E-state index in [1.54, 1.807) is 11.3 Å². The predicted molar refractivity (Wildman–Crippen MR) is 67.1 cm³/mol. The van der Waals surface area contributed by atoms with Gasteiger partial charge >= 0.3 is 5.97 Å². The number of hydrogen-bond donors (Lipinski definition) is 2. The molecule has 1 rings (SSSR count). The molecule has 1 amide bonds. The molecule has 0 aliphatic heterocycles. The molecule has 2 N–H and O–H groups in total. The van der Waals surface area contributed by atoms with E-state index in [1.165, 1.54) is 4.88 Å². The van der Waals surface area contributed by atoms with Crippen LogP contribution in [0.1, 0.15) is 30.6 Å². The van der Waals surface area contributed by atoms with Gasteiger partial charge in [-0.15, -0.1) is 11.3 Å². The Bertz CT molecular complexity index is 349. The van der Waals surface area contributed by atoms with E-state index in [0.29, 0.717) is 19.4 Å². The van der Waals surface area contributed by atoms with Crippen molar-refractivity contribution in [2.45, 2.75) is 32.1 Å². The molecule has 1 aromatic rings. The molecule has 94 valence electrons. The van der Waals surface area contributed by atoms with Gasteiger partial charge in [0.1, 0.15) is 0 Å². The van der Waals surface area contributed by atoms with E-state index in [9.17, 15) is 9.59 Å². The summed E-state index contributed by atoms with van der Waals surface area (Å²) in [5.41, 5.74) is 0. The van der Waals surface area contributed by atoms with Gasteiger partial charge in [-0.1, -0.05) is 6.07 Å². The molecule has 0 aromatic carbocycles. The second-order valence-electron chi connectivity index (χ2n) is 3.78. The minimum Gasteiger partial charge on any atom is -0.481 e. The van der Waals surface area contributed by atoms with E-state index in [1.807, 2.05) is 11.4 Å². The summed E-state index contributed by atoms with van der Waals surface area (Å²) in [5.74, 6) is -0.816. The quantitative estimate of drug-likeness (QED) is 0.699. The van der Waals surface area contributed by atoms with Crippen molar-refractivity contribution in [1.82, 2.24) is 5.32 Å². The third kappa shape index (κ3) is 6.73. The molecule has 0 saturated heterocycles. The number of nitrogens with one attached hydrogen (secondary N) is 1. The molecule has 1 heterocycles. The molecule has 4 nitrogen and oxygen atoms in total. The van der Waals surface area contributed by atoms with Gasteiger partial charge < -0.3 is 10.4 Å². The Balaban J connectivity index is 1.99. The zero-order chi connectivity index (χ0) is 12.5. The Morgan fingerprint density at radius 3 is 2.76 bits per heavy atom.